The maximum Gasteiger partial charge on any atom is 0.274 e. The van der Waals surface area contributed by atoms with E-state index in [0.29, 0.717) is 22.0 Å². The van der Waals surface area contributed by atoms with Crippen LogP contribution in [0.5, 0.6) is 0 Å². The summed E-state index contributed by atoms with van der Waals surface area (Å²) in [5.74, 6) is -0.125. The molecule has 1 atom stereocenters. The quantitative estimate of drug-likeness (QED) is 0.537. The van der Waals surface area contributed by atoms with E-state index in [1.54, 1.807) is 17.1 Å². The first-order valence-electron chi connectivity index (χ1n) is 8.59. The van der Waals surface area contributed by atoms with E-state index in [-0.39, 0.29) is 11.9 Å². The van der Waals surface area contributed by atoms with Gasteiger partial charge in [0.05, 0.1) is 11.8 Å². The third-order valence-corrected chi connectivity index (χ3v) is 5.08. The Morgan fingerprint density at radius 2 is 1.44 bits per heavy atom. The van der Waals surface area contributed by atoms with Gasteiger partial charge >= 0.3 is 0 Å². The molecule has 0 saturated heterocycles. The third-order valence-electron chi connectivity index (χ3n) is 4.57. The van der Waals surface area contributed by atoms with E-state index in [2.05, 4.69) is 5.10 Å². The van der Waals surface area contributed by atoms with E-state index in [9.17, 15) is 4.79 Å². The molecule has 1 heterocycles. The van der Waals surface area contributed by atoms with Crippen molar-refractivity contribution in [2.75, 3.05) is 0 Å². The molecule has 3 aromatic rings. The van der Waals surface area contributed by atoms with Crippen LogP contribution in [0, 0.1) is 0 Å². The van der Waals surface area contributed by atoms with Gasteiger partial charge in [-0.3, -0.25) is 4.79 Å². The number of nitrogens with zero attached hydrogens (tertiary/aromatic N) is 2. The molecule has 1 amide bonds. The molecule has 1 unspecified atom stereocenters. The second-order valence-corrected chi connectivity index (χ2v) is 7.21. The van der Waals surface area contributed by atoms with Crippen molar-refractivity contribution >= 4 is 34.8 Å². The first kappa shape index (κ1) is 17.8. The average Bonchev–Trinajstić information content (AvgIpc) is 3.14. The summed E-state index contributed by atoms with van der Waals surface area (Å²) >= 11 is 12.0. The summed E-state index contributed by atoms with van der Waals surface area (Å²) in [5.41, 5.74) is 3.42. The lowest BCUT2D eigenvalue weighted by atomic mass is 9.98. The molecule has 0 bridgehead atoms. The van der Waals surface area contributed by atoms with E-state index >= 15 is 0 Å². The number of hydrazone groups is 1. The van der Waals surface area contributed by atoms with Crippen LogP contribution in [-0.4, -0.2) is 16.6 Å². The van der Waals surface area contributed by atoms with Gasteiger partial charge in [-0.2, -0.15) is 5.10 Å². The smallest absolute Gasteiger partial charge is 0.267 e. The van der Waals surface area contributed by atoms with Crippen molar-refractivity contribution in [3.05, 3.63) is 106 Å². The van der Waals surface area contributed by atoms with Gasteiger partial charge in [-0.05, 0) is 47.5 Å². The zero-order chi connectivity index (χ0) is 18.8. The molecule has 0 spiro atoms. The van der Waals surface area contributed by atoms with Crippen LogP contribution in [-0.2, 0) is 0 Å². The lowest BCUT2D eigenvalue weighted by Crippen LogP contribution is -2.27. The molecule has 0 aromatic heterocycles. The largest absolute Gasteiger partial charge is 0.274 e. The van der Waals surface area contributed by atoms with Gasteiger partial charge in [-0.15, -0.1) is 0 Å². The van der Waals surface area contributed by atoms with Gasteiger partial charge < -0.3 is 0 Å². The lowest BCUT2D eigenvalue weighted by molar-refractivity contribution is 0.0711. The van der Waals surface area contributed by atoms with E-state index < -0.39 is 0 Å². The molecule has 5 heteroatoms. The van der Waals surface area contributed by atoms with Crippen LogP contribution < -0.4 is 0 Å². The predicted molar refractivity (Wildman–Crippen MR) is 109 cm³/mol. The van der Waals surface area contributed by atoms with Crippen LogP contribution in [0.4, 0.5) is 0 Å². The standard InChI is InChI=1S/C22H16Cl2N2O/c23-18-10-6-15(7-11-18)20-14-21(16-8-12-19(24)13-9-16)26(25-20)22(27)17-4-2-1-3-5-17/h1-13,21H,14H2. The van der Waals surface area contributed by atoms with Crippen molar-refractivity contribution in [1.82, 2.24) is 5.01 Å². The van der Waals surface area contributed by atoms with Crippen LogP contribution in [0.25, 0.3) is 0 Å². The van der Waals surface area contributed by atoms with E-state index in [0.717, 1.165) is 16.8 Å². The van der Waals surface area contributed by atoms with Crippen molar-refractivity contribution in [2.45, 2.75) is 12.5 Å². The molecule has 3 aromatic carbocycles. The Labute approximate surface area is 167 Å². The highest BCUT2D eigenvalue weighted by Gasteiger charge is 2.33. The van der Waals surface area contributed by atoms with Gasteiger partial charge in [0.2, 0.25) is 0 Å². The van der Waals surface area contributed by atoms with Gasteiger partial charge in [0.15, 0.2) is 0 Å². The molecule has 0 saturated carbocycles. The van der Waals surface area contributed by atoms with Crippen LogP contribution in [0.15, 0.2) is 84.0 Å². The number of benzene rings is 3. The minimum absolute atomic E-state index is 0.125. The van der Waals surface area contributed by atoms with Gasteiger partial charge in [0.25, 0.3) is 5.91 Å². The predicted octanol–water partition coefficient (Wildman–Crippen LogP) is 5.98. The van der Waals surface area contributed by atoms with Gasteiger partial charge in [0, 0.05) is 22.0 Å². The van der Waals surface area contributed by atoms with Gasteiger partial charge in [-0.25, -0.2) is 5.01 Å². The van der Waals surface area contributed by atoms with Crippen LogP contribution >= 0.6 is 23.2 Å². The summed E-state index contributed by atoms with van der Waals surface area (Å²) in [6.07, 6.45) is 0.627. The number of halogens is 2. The van der Waals surface area contributed by atoms with E-state index in [1.165, 1.54) is 0 Å². The van der Waals surface area contributed by atoms with Crippen LogP contribution in [0.1, 0.15) is 33.9 Å². The Bertz CT molecular complexity index is 983. The maximum absolute atomic E-state index is 13.1. The summed E-state index contributed by atoms with van der Waals surface area (Å²) in [6, 6.07) is 24.1. The van der Waals surface area contributed by atoms with E-state index in [4.69, 9.17) is 23.2 Å². The van der Waals surface area contributed by atoms with Gasteiger partial charge in [-0.1, -0.05) is 65.7 Å². The number of hydrogen-bond donors (Lipinski definition) is 0. The van der Waals surface area contributed by atoms with Crippen molar-refractivity contribution in [1.29, 1.82) is 0 Å². The molecule has 1 aliphatic heterocycles. The topological polar surface area (TPSA) is 32.7 Å². The molecule has 1 aliphatic rings. The Hall–Kier alpha value is -2.62. The monoisotopic (exact) mass is 394 g/mol. The molecular weight excluding hydrogens is 379 g/mol. The van der Waals surface area contributed by atoms with Crippen molar-refractivity contribution in [3.63, 3.8) is 0 Å². The average molecular weight is 395 g/mol. The minimum Gasteiger partial charge on any atom is -0.267 e. The summed E-state index contributed by atoms with van der Waals surface area (Å²) < 4.78 is 0. The molecule has 0 fully saturated rings. The zero-order valence-electron chi connectivity index (χ0n) is 14.3. The highest BCUT2D eigenvalue weighted by Crippen LogP contribution is 2.34. The van der Waals surface area contributed by atoms with Gasteiger partial charge in [0.1, 0.15) is 0 Å². The Kier molecular flexibility index (Phi) is 4.97. The first-order valence-corrected chi connectivity index (χ1v) is 9.35. The summed E-state index contributed by atoms with van der Waals surface area (Å²) in [6.45, 7) is 0. The summed E-state index contributed by atoms with van der Waals surface area (Å²) in [7, 11) is 0. The molecule has 0 N–H and O–H groups in total. The summed E-state index contributed by atoms with van der Waals surface area (Å²) in [5, 5.41) is 7.57. The maximum atomic E-state index is 13.1. The van der Waals surface area contributed by atoms with Crippen LogP contribution in [0.2, 0.25) is 10.0 Å². The Morgan fingerprint density at radius 1 is 0.852 bits per heavy atom. The fourth-order valence-corrected chi connectivity index (χ4v) is 3.42. The highest BCUT2D eigenvalue weighted by molar-refractivity contribution is 6.31. The number of amides is 1. The molecule has 0 aliphatic carbocycles. The number of carbonyl (C=O) groups is 1. The molecule has 27 heavy (non-hydrogen) atoms. The second kappa shape index (κ2) is 7.55. The van der Waals surface area contributed by atoms with E-state index in [1.807, 2.05) is 66.7 Å². The number of carbonyl (C=O) groups excluding carboxylic acids is 1. The van der Waals surface area contributed by atoms with Crippen LogP contribution in [0.3, 0.4) is 0 Å². The Morgan fingerprint density at radius 3 is 2.07 bits per heavy atom. The summed E-state index contributed by atoms with van der Waals surface area (Å²) in [4.78, 5) is 13.1. The normalized spacial score (nSPS) is 16.3. The minimum atomic E-state index is -0.180. The van der Waals surface area contributed by atoms with Crippen molar-refractivity contribution in [3.8, 4) is 0 Å². The molecular formula is C22H16Cl2N2O. The molecule has 0 radical (unpaired) electrons. The fourth-order valence-electron chi connectivity index (χ4n) is 3.17. The second-order valence-electron chi connectivity index (χ2n) is 6.34. The lowest BCUT2D eigenvalue weighted by Gasteiger charge is -2.22. The fraction of sp³-hybridized carbons (Fsp3) is 0.0909. The van der Waals surface area contributed by atoms with Crippen molar-refractivity contribution in [2.24, 2.45) is 5.10 Å². The first-order chi connectivity index (χ1) is 13.1. The Balaban J connectivity index is 1.72. The number of hydrogen-bond acceptors (Lipinski definition) is 2. The zero-order valence-corrected chi connectivity index (χ0v) is 15.9. The van der Waals surface area contributed by atoms with Crippen molar-refractivity contribution < 1.29 is 4.79 Å². The number of rotatable bonds is 3. The molecule has 134 valence electrons. The third kappa shape index (κ3) is 3.75. The highest BCUT2D eigenvalue weighted by atomic mass is 35.5. The SMILES string of the molecule is O=C(c1ccccc1)N1N=C(c2ccc(Cl)cc2)CC1c1ccc(Cl)cc1. The molecule has 3 nitrogen and oxygen atoms in total. The molecule has 4 rings (SSSR count).